The van der Waals surface area contributed by atoms with E-state index in [1.807, 2.05) is 24.3 Å². The summed E-state index contributed by atoms with van der Waals surface area (Å²) in [5.74, 6) is 0. The average molecular weight is 367 g/mol. The minimum absolute atomic E-state index is 0.102. The molecule has 0 aliphatic heterocycles. The molecule has 0 unspecified atom stereocenters. The van der Waals surface area contributed by atoms with Gasteiger partial charge in [0.2, 0.25) is 0 Å². The Balaban J connectivity index is 1.92. The van der Waals surface area contributed by atoms with Crippen LogP contribution >= 0.6 is 12.2 Å². The number of hydrogen-bond donors (Lipinski definition) is 2. The van der Waals surface area contributed by atoms with Crippen LogP contribution in [0.1, 0.15) is 41.0 Å². The van der Waals surface area contributed by atoms with Crippen molar-refractivity contribution in [2.45, 2.75) is 46.6 Å². The zero-order valence-electron chi connectivity index (χ0n) is 16.1. The topological polar surface area (TPSA) is 49.8 Å². The molecule has 2 aromatic heterocycles. The van der Waals surface area contributed by atoms with E-state index < -0.39 is 0 Å². The van der Waals surface area contributed by atoms with Crippen LogP contribution in [0.5, 0.6) is 0 Å². The number of anilines is 1. The van der Waals surface area contributed by atoms with Crippen molar-refractivity contribution in [2.75, 3.05) is 5.32 Å². The fraction of sp³-hybridized carbons (Fsp3) is 0.381. The highest BCUT2D eigenvalue weighted by Crippen LogP contribution is 2.30. The van der Waals surface area contributed by atoms with Gasteiger partial charge in [-0.1, -0.05) is 26.8 Å². The van der Waals surface area contributed by atoms with Crippen molar-refractivity contribution in [1.29, 1.82) is 0 Å². The minimum atomic E-state index is -0.102. The van der Waals surface area contributed by atoms with Gasteiger partial charge < -0.3 is 10.6 Å². The summed E-state index contributed by atoms with van der Waals surface area (Å²) in [7, 11) is 0. The normalized spacial score (nSPS) is 12.3. The van der Waals surface area contributed by atoms with Crippen LogP contribution in [0.2, 0.25) is 0 Å². The van der Waals surface area contributed by atoms with Gasteiger partial charge in [-0.3, -0.25) is 9.97 Å². The van der Waals surface area contributed by atoms with Crippen molar-refractivity contribution in [2.24, 2.45) is 5.41 Å². The first-order valence-electron chi connectivity index (χ1n) is 8.86. The summed E-state index contributed by atoms with van der Waals surface area (Å²) in [6.07, 6.45) is 4.60. The van der Waals surface area contributed by atoms with E-state index in [0.717, 1.165) is 33.9 Å². The van der Waals surface area contributed by atoms with Crippen molar-refractivity contribution >= 4 is 44.8 Å². The number of fused-ring (bicyclic) bond motifs is 3. The van der Waals surface area contributed by atoms with Crippen molar-refractivity contribution in [3.8, 4) is 0 Å². The predicted octanol–water partition coefficient (Wildman–Crippen LogP) is 5.28. The van der Waals surface area contributed by atoms with E-state index >= 15 is 0 Å². The van der Waals surface area contributed by atoms with E-state index in [1.54, 1.807) is 12.4 Å². The first-order chi connectivity index (χ1) is 12.1. The van der Waals surface area contributed by atoms with Gasteiger partial charge in [-0.2, -0.15) is 0 Å². The quantitative estimate of drug-likeness (QED) is 0.487. The maximum absolute atomic E-state index is 5.60. The Morgan fingerprint density at radius 2 is 1.65 bits per heavy atom. The molecule has 0 atom stereocenters. The molecular formula is C21H26N4S. The van der Waals surface area contributed by atoms with E-state index in [2.05, 4.69) is 61.3 Å². The predicted molar refractivity (Wildman–Crippen MR) is 115 cm³/mol. The fourth-order valence-corrected chi connectivity index (χ4v) is 4.10. The van der Waals surface area contributed by atoms with E-state index in [4.69, 9.17) is 12.2 Å². The Bertz CT molecular complexity index is 957. The molecule has 2 heterocycles. The SMILES string of the molecule is CC(C)(C)CC(C)(C)NC(=S)Nc1cc2cccnc2c2ncccc12. The second-order valence-corrected chi connectivity index (χ2v) is 9.01. The van der Waals surface area contributed by atoms with Crippen LogP contribution < -0.4 is 10.6 Å². The molecule has 3 aromatic rings. The van der Waals surface area contributed by atoms with Crippen LogP contribution in [0, 0.1) is 5.41 Å². The molecule has 0 saturated heterocycles. The average Bonchev–Trinajstić information content (AvgIpc) is 2.52. The van der Waals surface area contributed by atoms with E-state index in [0.29, 0.717) is 5.11 Å². The number of nitrogens with one attached hydrogen (secondary N) is 2. The highest BCUT2D eigenvalue weighted by molar-refractivity contribution is 7.80. The number of benzene rings is 1. The Morgan fingerprint density at radius 3 is 2.35 bits per heavy atom. The van der Waals surface area contributed by atoms with Crippen LogP contribution in [0.25, 0.3) is 21.8 Å². The van der Waals surface area contributed by atoms with Crippen molar-refractivity contribution in [3.63, 3.8) is 0 Å². The third-order valence-electron chi connectivity index (χ3n) is 4.13. The number of pyridine rings is 2. The lowest BCUT2D eigenvalue weighted by atomic mass is 9.82. The minimum Gasteiger partial charge on any atom is -0.358 e. The summed E-state index contributed by atoms with van der Waals surface area (Å²) >= 11 is 5.60. The molecule has 2 N–H and O–H groups in total. The summed E-state index contributed by atoms with van der Waals surface area (Å²) in [5.41, 5.74) is 2.84. The third kappa shape index (κ3) is 4.28. The Morgan fingerprint density at radius 1 is 1.00 bits per heavy atom. The van der Waals surface area contributed by atoms with Crippen molar-refractivity contribution < 1.29 is 0 Å². The number of rotatable bonds is 3. The molecule has 0 spiro atoms. The molecule has 0 bridgehead atoms. The van der Waals surface area contributed by atoms with Gasteiger partial charge >= 0.3 is 0 Å². The van der Waals surface area contributed by atoms with Crippen LogP contribution in [-0.2, 0) is 0 Å². The number of hydrogen-bond acceptors (Lipinski definition) is 3. The lowest BCUT2D eigenvalue weighted by molar-refractivity contribution is 0.268. The maximum atomic E-state index is 5.60. The van der Waals surface area contributed by atoms with Gasteiger partial charge in [0, 0.05) is 28.7 Å². The largest absolute Gasteiger partial charge is 0.358 e. The van der Waals surface area contributed by atoms with Crippen LogP contribution in [0.15, 0.2) is 42.7 Å². The highest BCUT2D eigenvalue weighted by atomic mass is 32.1. The highest BCUT2D eigenvalue weighted by Gasteiger charge is 2.26. The van der Waals surface area contributed by atoms with Gasteiger partial charge in [0.1, 0.15) is 0 Å². The molecule has 0 aliphatic carbocycles. The molecule has 0 saturated carbocycles. The smallest absolute Gasteiger partial charge is 0.171 e. The van der Waals surface area contributed by atoms with Gasteiger partial charge in [0.25, 0.3) is 0 Å². The third-order valence-corrected chi connectivity index (χ3v) is 4.34. The number of nitrogens with zero attached hydrogens (tertiary/aromatic N) is 2. The second kappa shape index (κ2) is 6.80. The first-order valence-corrected chi connectivity index (χ1v) is 9.27. The Kier molecular flexibility index (Phi) is 4.84. The van der Waals surface area contributed by atoms with Crippen LogP contribution in [0.4, 0.5) is 5.69 Å². The van der Waals surface area contributed by atoms with E-state index in [-0.39, 0.29) is 11.0 Å². The standard InChI is InChI=1S/C21H26N4S/c1-20(2,3)13-21(4,5)25-19(26)24-16-12-14-8-6-10-22-17(14)18-15(16)9-7-11-23-18/h6-12H,13H2,1-5H3,(H2,24,25,26). The second-order valence-electron chi connectivity index (χ2n) is 8.60. The molecule has 4 nitrogen and oxygen atoms in total. The molecule has 3 rings (SSSR count). The van der Waals surface area contributed by atoms with Crippen molar-refractivity contribution in [3.05, 3.63) is 42.7 Å². The van der Waals surface area contributed by atoms with Crippen molar-refractivity contribution in [1.82, 2.24) is 15.3 Å². The van der Waals surface area contributed by atoms with Crippen LogP contribution in [-0.4, -0.2) is 20.6 Å². The summed E-state index contributed by atoms with van der Waals surface area (Å²) in [5, 5.41) is 9.50. The molecule has 1 aromatic carbocycles. The Labute approximate surface area is 160 Å². The zero-order valence-corrected chi connectivity index (χ0v) is 16.9. The molecule has 0 fully saturated rings. The van der Waals surface area contributed by atoms with Crippen LogP contribution in [0.3, 0.4) is 0 Å². The fourth-order valence-electron chi connectivity index (χ4n) is 3.71. The molecule has 26 heavy (non-hydrogen) atoms. The lowest BCUT2D eigenvalue weighted by Crippen LogP contribution is -2.47. The summed E-state index contributed by atoms with van der Waals surface area (Å²) in [4.78, 5) is 9.02. The van der Waals surface area contributed by atoms with Gasteiger partial charge in [-0.05, 0) is 62.2 Å². The molecule has 0 radical (unpaired) electrons. The molecule has 0 amide bonds. The van der Waals surface area contributed by atoms with Gasteiger partial charge in [-0.25, -0.2) is 0 Å². The van der Waals surface area contributed by atoms with Gasteiger partial charge in [-0.15, -0.1) is 0 Å². The Hall–Kier alpha value is -2.27. The van der Waals surface area contributed by atoms with E-state index in [1.165, 1.54) is 0 Å². The monoisotopic (exact) mass is 366 g/mol. The molecule has 0 aliphatic rings. The van der Waals surface area contributed by atoms with Gasteiger partial charge in [0.15, 0.2) is 5.11 Å². The number of aromatic nitrogens is 2. The zero-order chi connectivity index (χ0) is 18.9. The first kappa shape index (κ1) is 18.5. The lowest BCUT2D eigenvalue weighted by Gasteiger charge is -2.34. The molecule has 5 heteroatoms. The van der Waals surface area contributed by atoms with E-state index in [9.17, 15) is 0 Å². The molecule has 136 valence electrons. The summed E-state index contributed by atoms with van der Waals surface area (Å²) in [6.45, 7) is 11.1. The molecular weight excluding hydrogens is 340 g/mol. The van der Waals surface area contributed by atoms with Gasteiger partial charge in [0.05, 0.1) is 16.7 Å². The summed E-state index contributed by atoms with van der Waals surface area (Å²) < 4.78 is 0. The maximum Gasteiger partial charge on any atom is 0.171 e. The summed E-state index contributed by atoms with van der Waals surface area (Å²) in [6, 6.07) is 10.0. The number of thiocarbonyl (C=S) groups is 1.